The van der Waals surface area contributed by atoms with Gasteiger partial charge in [0.25, 0.3) is 0 Å². The summed E-state index contributed by atoms with van der Waals surface area (Å²) in [5.41, 5.74) is 2.89. The minimum Gasteiger partial charge on any atom is -0.310 e. The molecule has 1 unspecified atom stereocenters. The van der Waals surface area contributed by atoms with Crippen LogP contribution in [0.4, 0.5) is 0 Å². The Balaban J connectivity index is 2.07. The summed E-state index contributed by atoms with van der Waals surface area (Å²) >= 11 is 0. The minimum absolute atomic E-state index is 0.606. The molecule has 1 atom stereocenters. The molecule has 0 aliphatic carbocycles. The van der Waals surface area contributed by atoms with E-state index in [1.165, 1.54) is 36.9 Å². The van der Waals surface area contributed by atoms with Crippen LogP contribution < -0.4 is 5.32 Å². The van der Waals surface area contributed by atoms with Crippen molar-refractivity contribution >= 4 is 0 Å². The van der Waals surface area contributed by atoms with Gasteiger partial charge in [-0.25, -0.2) is 0 Å². The normalized spacial score (nSPS) is 22.2. The molecule has 0 saturated carbocycles. The Labute approximate surface area is 86.5 Å². The molecule has 1 aromatic carbocycles. The van der Waals surface area contributed by atoms with E-state index in [1.807, 2.05) is 0 Å². The minimum atomic E-state index is 0.606. The number of rotatable bonds is 2. The van der Waals surface area contributed by atoms with Crippen molar-refractivity contribution in [1.82, 2.24) is 5.32 Å². The number of benzene rings is 1. The Morgan fingerprint density at radius 1 is 1.21 bits per heavy atom. The van der Waals surface area contributed by atoms with Crippen LogP contribution in [0.3, 0.4) is 0 Å². The summed E-state index contributed by atoms with van der Waals surface area (Å²) in [6.07, 6.45) is 5.14. The van der Waals surface area contributed by atoms with Crippen LogP contribution in [0.25, 0.3) is 0 Å². The maximum atomic E-state index is 3.57. The highest BCUT2D eigenvalue weighted by atomic mass is 14.9. The number of piperidine rings is 1. The first-order valence-corrected chi connectivity index (χ1v) is 5.72. The van der Waals surface area contributed by atoms with Crippen molar-refractivity contribution in [2.45, 2.75) is 38.6 Å². The quantitative estimate of drug-likeness (QED) is 0.754. The second-order valence-corrected chi connectivity index (χ2v) is 4.10. The number of aryl methyl sites for hydroxylation is 1. The molecule has 1 N–H and O–H groups in total. The molecule has 76 valence electrons. The van der Waals surface area contributed by atoms with Crippen LogP contribution in [-0.4, -0.2) is 6.54 Å². The largest absolute Gasteiger partial charge is 0.310 e. The zero-order valence-electron chi connectivity index (χ0n) is 8.92. The van der Waals surface area contributed by atoms with E-state index in [-0.39, 0.29) is 0 Å². The zero-order chi connectivity index (χ0) is 9.80. The summed E-state index contributed by atoms with van der Waals surface area (Å²) in [5.74, 6) is 0. The molecule has 1 fully saturated rings. The fraction of sp³-hybridized carbons (Fsp3) is 0.538. The van der Waals surface area contributed by atoms with Gasteiger partial charge in [-0.05, 0) is 36.9 Å². The van der Waals surface area contributed by atoms with Gasteiger partial charge >= 0.3 is 0 Å². The Bertz CT molecular complexity index is 270. The van der Waals surface area contributed by atoms with E-state index in [2.05, 4.69) is 36.5 Å². The van der Waals surface area contributed by atoms with E-state index < -0.39 is 0 Å². The zero-order valence-corrected chi connectivity index (χ0v) is 8.92. The van der Waals surface area contributed by atoms with Gasteiger partial charge in [-0.15, -0.1) is 0 Å². The standard InChI is InChI=1S/C13H19N/c1-2-11-6-8-12(9-7-11)13-5-3-4-10-14-13/h6-9,13-14H,2-5,10H2,1H3. The molecule has 0 spiro atoms. The first kappa shape index (κ1) is 9.72. The monoisotopic (exact) mass is 189 g/mol. The van der Waals surface area contributed by atoms with E-state index in [9.17, 15) is 0 Å². The SMILES string of the molecule is CCc1ccc(C2CCCCN2)cc1. The first-order chi connectivity index (χ1) is 6.90. The van der Waals surface area contributed by atoms with E-state index in [4.69, 9.17) is 0 Å². The van der Waals surface area contributed by atoms with E-state index in [0.717, 1.165) is 6.42 Å². The predicted octanol–water partition coefficient (Wildman–Crippen LogP) is 3.06. The summed E-state index contributed by atoms with van der Waals surface area (Å²) in [4.78, 5) is 0. The maximum Gasteiger partial charge on any atom is 0.0320 e. The lowest BCUT2D eigenvalue weighted by Gasteiger charge is -2.23. The van der Waals surface area contributed by atoms with Crippen molar-refractivity contribution < 1.29 is 0 Å². The van der Waals surface area contributed by atoms with Crippen molar-refractivity contribution in [3.8, 4) is 0 Å². The molecule has 2 rings (SSSR count). The van der Waals surface area contributed by atoms with Crippen molar-refractivity contribution in [3.05, 3.63) is 35.4 Å². The highest BCUT2D eigenvalue weighted by Gasteiger charge is 2.13. The number of nitrogens with one attached hydrogen (secondary N) is 1. The Morgan fingerprint density at radius 3 is 2.57 bits per heavy atom. The number of hydrogen-bond acceptors (Lipinski definition) is 1. The predicted molar refractivity (Wildman–Crippen MR) is 60.4 cm³/mol. The smallest absolute Gasteiger partial charge is 0.0320 e. The van der Waals surface area contributed by atoms with E-state index >= 15 is 0 Å². The maximum absolute atomic E-state index is 3.57. The Morgan fingerprint density at radius 2 is 2.00 bits per heavy atom. The van der Waals surface area contributed by atoms with Gasteiger partial charge < -0.3 is 5.32 Å². The lowest BCUT2D eigenvalue weighted by Crippen LogP contribution is -2.26. The third kappa shape index (κ3) is 2.16. The molecule has 1 saturated heterocycles. The highest BCUT2D eigenvalue weighted by molar-refractivity contribution is 5.25. The molecule has 1 heteroatoms. The molecule has 0 aromatic heterocycles. The van der Waals surface area contributed by atoms with Crippen LogP contribution in [0, 0.1) is 0 Å². The van der Waals surface area contributed by atoms with E-state index in [0.29, 0.717) is 6.04 Å². The van der Waals surface area contributed by atoms with Crippen LogP contribution in [0.1, 0.15) is 43.4 Å². The van der Waals surface area contributed by atoms with Gasteiger partial charge in [0, 0.05) is 6.04 Å². The second-order valence-electron chi connectivity index (χ2n) is 4.10. The molecule has 1 nitrogen and oxygen atoms in total. The molecule has 0 radical (unpaired) electrons. The van der Waals surface area contributed by atoms with Crippen molar-refractivity contribution in [1.29, 1.82) is 0 Å². The van der Waals surface area contributed by atoms with Crippen molar-refractivity contribution in [2.75, 3.05) is 6.54 Å². The van der Waals surface area contributed by atoms with Gasteiger partial charge in [-0.1, -0.05) is 37.6 Å². The summed E-state index contributed by atoms with van der Waals surface area (Å²) in [6, 6.07) is 9.68. The van der Waals surface area contributed by atoms with Crippen LogP contribution in [0.5, 0.6) is 0 Å². The first-order valence-electron chi connectivity index (χ1n) is 5.72. The topological polar surface area (TPSA) is 12.0 Å². The molecule has 1 heterocycles. The van der Waals surface area contributed by atoms with Gasteiger partial charge in [0.05, 0.1) is 0 Å². The van der Waals surface area contributed by atoms with Gasteiger partial charge in [-0.2, -0.15) is 0 Å². The number of hydrogen-bond donors (Lipinski definition) is 1. The van der Waals surface area contributed by atoms with Crippen LogP contribution >= 0.6 is 0 Å². The molecule has 14 heavy (non-hydrogen) atoms. The van der Waals surface area contributed by atoms with Crippen LogP contribution in [0.15, 0.2) is 24.3 Å². The lowest BCUT2D eigenvalue weighted by atomic mass is 9.96. The second kappa shape index (κ2) is 4.61. The third-order valence-electron chi connectivity index (χ3n) is 3.10. The molecule has 1 aromatic rings. The average Bonchev–Trinajstić information content (AvgIpc) is 2.30. The molecule has 0 amide bonds. The van der Waals surface area contributed by atoms with Gasteiger partial charge in [0.1, 0.15) is 0 Å². The average molecular weight is 189 g/mol. The fourth-order valence-electron chi connectivity index (χ4n) is 2.12. The van der Waals surface area contributed by atoms with Gasteiger partial charge in [0.2, 0.25) is 0 Å². The lowest BCUT2D eigenvalue weighted by molar-refractivity contribution is 0.412. The molecular weight excluding hydrogens is 170 g/mol. The van der Waals surface area contributed by atoms with Crippen molar-refractivity contribution in [2.24, 2.45) is 0 Å². The Hall–Kier alpha value is -0.820. The van der Waals surface area contributed by atoms with E-state index in [1.54, 1.807) is 0 Å². The van der Waals surface area contributed by atoms with Crippen LogP contribution in [0.2, 0.25) is 0 Å². The summed E-state index contributed by atoms with van der Waals surface area (Å²) in [5, 5.41) is 3.57. The molecule has 1 aliphatic heterocycles. The van der Waals surface area contributed by atoms with Crippen molar-refractivity contribution in [3.63, 3.8) is 0 Å². The fourth-order valence-corrected chi connectivity index (χ4v) is 2.12. The molecule has 1 aliphatic rings. The summed E-state index contributed by atoms with van der Waals surface area (Å²) in [7, 11) is 0. The summed E-state index contributed by atoms with van der Waals surface area (Å²) < 4.78 is 0. The highest BCUT2D eigenvalue weighted by Crippen LogP contribution is 2.22. The van der Waals surface area contributed by atoms with Crippen LogP contribution in [-0.2, 0) is 6.42 Å². The molecule has 0 bridgehead atoms. The summed E-state index contributed by atoms with van der Waals surface area (Å²) in [6.45, 7) is 3.38. The van der Waals surface area contributed by atoms with Gasteiger partial charge in [0.15, 0.2) is 0 Å². The van der Waals surface area contributed by atoms with Gasteiger partial charge in [-0.3, -0.25) is 0 Å². The molecular formula is C13H19N. The third-order valence-corrected chi connectivity index (χ3v) is 3.10. The Kier molecular flexibility index (Phi) is 3.20.